The summed E-state index contributed by atoms with van der Waals surface area (Å²) in [5.74, 6) is -0.252. The molecular weight excluding hydrogens is 294 g/mol. The Kier molecular flexibility index (Phi) is 5.91. The number of hydrogen-bond donors (Lipinski definition) is 1. The van der Waals surface area contributed by atoms with E-state index in [1.165, 1.54) is 5.01 Å². The second-order valence-electron chi connectivity index (χ2n) is 4.65. The second-order valence-corrected chi connectivity index (χ2v) is 5.05. The molecule has 0 spiro atoms. The number of hydrogen-bond acceptors (Lipinski definition) is 2. The molecule has 0 unspecified atom stereocenters. The van der Waals surface area contributed by atoms with Crippen molar-refractivity contribution in [2.75, 3.05) is 7.05 Å². The highest BCUT2D eigenvalue weighted by Crippen LogP contribution is 2.03. The molecule has 0 radical (unpaired) electrons. The van der Waals surface area contributed by atoms with Crippen molar-refractivity contribution >= 4 is 29.9 Å². The summed E-state index contributed by atoms with van der Waals surface area (Å²) in [6.07, 6.45) is 1.94. The fourth-order valence-electron chi connectivity index (χ4n) is 1.74. The van der Waals surface area contributed by atoms with Crippen molar-refractivity contribution in [3.8, 4) is 0 Å². The quantitative estimate of drug-likeness (QED) is 0.408. The van der Waals surface area contributed by atoms with Gasteiger partial charge in [0.2, 0.25) is 0 Å². The van der Waals surface area contributed by atoms with Crippen molar-refractivity contribution in [1.82, 2.24) is 5.01 Å². The molecule has 22 heavy (non-hydrogen) atoms. The molecule has 0 aromatic heterocycles. The zero-order valence-electron chi connectivity index (χ0n) is 12.3. The molecule has 0 fully saturated rings. The third kappa shape index (κ3) is 5.18. The molecule has 5 heteroatoms. The van der Waals surface area contributed by atoms with Gasteiger partial charge in [-0.05, 0) is 11.1 Å². The minimum Gasteiger partial charge on any atom is -0.272 e. The Hall–Kier alpha value is -2.40. The van der Waals surface area contributed by atoms with Gasteiger partial charge in [-0.3, -0.25) is 4.79 Å². The first-order valence-corrected chi connectivity index (χ1v) is 7.27. The zero-order valence-corrected chi connectivity index (χ0v) is 13.1. The average molecular weight is 311 g/mol. The van der Waals surface area contributed by atoms with Crippen molar-refractivity contribution in [3.63, 3.8) is 0 Å². The molecule has 0 aliphatic heterocycles. The molecule has 0 N–H and O–H groups in total. The Morgan fingerprint density at radius 2 is 1.68 bits per heavy atom. The number of rotatable bonds is 4. The third-order valence-electron chi connectivity index (χ3n) is 2.89. The Labute approximate surface area is 135 Å². The van der Waals surface area contributed by atoms with Crippen molar-refractivity contribution in [3.05, 3.63) is 71.8 Å². The van der Waals surface area contributed by atoms with Crippen LogP contribution in [0.1, 0.15) is 11.1 Å². The fourth-order valence-corrected chi connectivity index (χ4v) is 1.90. The minimum absolute atomic E-state index is 0.251. The van der Waals surface area contributed by atoms with E-state index in [0.29, 0.717) is 0 Å². The maximum atomic E-state index is 11.9. The second kappa shape index (κ2) is 8.14. The lowest BCUT2D eigenvalue weighted by molar-refractivity contribution is -0.117. The van der Waals surface area contributed by atoms with Crippen molar-refractivity contribution in [2.24, 2.45) is 10.1 Å². The summed E-state index contributed by atoms with van der Waals surface area (Å²) < 4.78 is 0. The van der Waals surface area contributed by atoms with Crippen molar-refractivity contribution in [1.29, 1.82) is 0 Å². The van der Waals surface area contributed by atoms with E-state index in [-0.39, 0.29) is 17.5 Å². The van der Waals surface area contributed by atoms with E-state index in [4.69, 9.17) is 0 Å². The molecule has 0 atom stereocenters. The zero-order chi connectivity index (χ0) is 15.8. The van der Waals surface area contributed by atoms with Gasteiger partial charge in [-0.1, -0.05) is 60.7 Å². The Morgan fingerprint density at radius 1 is 1.09 bits per heavy atom. The van der Waals surface area contributed by atoms with Crippen molar-refractivity contribution in [2.45, 2.75) is 6.42 Å². The van der Waals surface area contributed by atoms with Crippen LogP contribution in [0.15, 0.2) is 70.8 Å². The van der Waals surface area contributed by atoms with Gasteiger partial charge in [0.1, 0.15) is 0 Å². The average Bonchev–Trinajstić information content (AvgIpc) is 2.54. The lowest BCUT2D eigenvalue weighted by Gasteiger charge is -2.10. The number of benzene rings is 2. The molecule has 0 heterocycles. The highest BCUT2D eigenvalue weighted by molar-refractivity contribution is 7.96. The molecule has 2 aromatic carbocycles. The maximum Gasteiger partial charge on any atom is 0.252 e. The minimum atomic E-state index is -0.252. The lowest BCUT2D eigenvalue weighted by Crippen LogP contribution is -2.18. The fraction of sp³-hybridized carbons (Fsp3) is 0.118. The number of thiol groups is 1. The molecule has 2 aromatic rings. The molecule has 0 bridgehead atoms. The Morgan fingerprint density at radius 3 is 2.32 bits per heavy atom. The summed E-state index contributed by atoms with van der Waals surface area (Å²) in [5, 5.41) is 5.92. The largest absolute Gasteiger partial charge is 0.272 e. The summed E-state index contributed by atoms with van der Waals surface area (Å²) in [4.78, 5) is 15.8. The van der Waals surface area contributed by atoms with Crippen LogP contribution in [0.2, 0.25) is 0 Å². The van der Waals surface area contributed by atoms with Crippen LogP contribution in [0.5, 0.6) is 0 Å². The molecule has 0 aliphatic carbocycles. The summed E-state index contributed by atoms with van der Waals surface area (Å²) >= 11 is 4.22. The number of nitrogens with zero attached hydrogens (tertiary/aromatic N) is 3. The highest BCUT2D eigenvalue weighted by Gasteiger charge is 2.05. The normalized spacial score (nSPS) is 11.6. The first-order chi connectivity index (χ1) is 10.6. The van der Waals surface area contributed by atoms with E-state index in [1.54, 1.807) is 13.3 Å². The standard InChI is InChI=1S/C17H17N3OS/c1-20(18-13-15-10-6-3-7-11-15)17(22)19-16(21)12-14-8-4-2-5-9-14/h2-11,13H,12H2,1H3,(H,19,21,22). The lowest BCUT2D eigenvalue weighted by atomic mass is 10.1. The predicted molar refractivity (Wildman–Crippen MR) is 93.4 cm³/mol. The van der Waals surface area contributed by atoms with Crippen LogP contribution in [0.3, 0.4) is 0 Å². The highest BCUT2D eigenvalue weighted by atomic mass is 32.1. The van der Waals surface area contributed by atoms with Crippen molar-refractivity contribution < 1.29 is 4.79 Å². The van der Waals surface area contributed by atoms with Crippen LogP contribution < -0.4 is 0 Å². The smallest absolute Gasteiger partial charge is 0.252 e. The molecule has 4 nitrogen and oxygen atoms in total. The van der Waals surface area contributed by atoms with Gasteiger partial charge in [-0.25, -0.2) is 5.01 Å². The van der Waals surface area contributed by atoms with Gasteiger partial charge >= 0.3 is 0 Å². The van der Waals surface area contributed by atoms with Gasteiger partial charge in [0.25, 0.3) is 5.91 Å². The van der Waals surface area contributed by atoms with Gasteiger partial charge in [-0.2, -0.15) is 10.1 Å². The Balaban J connectivity index is 1.96. The molecule has 0 saturated carbocycles. The van der Waals surface area contributed by atoms with Gasteiger partial charge < -0.3 is 0 Å². The molecule has 1 amide bonds. The van der Waals surface area contributed by atoms with Crippen LogP contribution in [0, 0.1) is 0 Å². The first-order valence-electron chi connectivity index (χ1n) is 6.82. The van der Waals surface area contributed by atoms with Gasteiger partial charge in [0.15, 0.2) is 5.17 Å². The molecule has 2 rings (SSSR count). The number of aliphatic imine (C=N–C) groups is 1. The first kappa shape index (κ1) is 16.0. The summed E-state index contributed by atoms with van der Waals surface area (Å²) in [6.45, 7) is 0. The Bertz CT molecular complexity index is 669. The van der Waals surface area contributed by atoms with Gasteiger partial charge in [0, 0.05) is 7.05 Å². The van der Waals surface area contributed by atoms with E-state index in [1.807, 2.05) is 60.7 Å². The maximum absolute atomic E-state index is 11.9. The van der Waals surface area contributed by atoms with E-state index in [2.05, 4.69) is 22.7 Å². The number of hydrazone groups is 1. The van der Waals surface area contributed by atoms with E-state index < -0.39 is 0 Å². The van der Waals surface area contributed by atoms with E-state index in [0.717, 1.165) is 11.1 Å². The summed E-state index contributed by atoms with van der Waals surface area (Å²) in [6, 6.07) is 19.2. The number of amides is 1. The van der Waals surface area contributed by atoms with E-state index in [9.17, 15) is 4.79 Å². The topological polar surface area (TPSA) is 45.0 Å². The summed E-state index contributed by atoms with van der Waals surface area (Å²) in [5.41, 5.74) is 1.89. The van der Waals surface area contributed by atoms with Crippen LogP contribution >= 0.6 is 12.6 Å². The molecular formula is C17H17N3OS. The van der Waals surface area contributed by atoms with Crippen LogP contribution in [0.25, 0.3) is 0 Å². The van der Waals surface area contributed by atoms with Gasteiger partial charge in [0.05, 0.1) is 12.6 Å². The molecule has 0 saturated heterocycles. The SMILES string of the molecule is CN(N=Cc1ccccc1)C(S)=NC(=O)Cc1ccccc1. The van der Waals surface area contributed by atoms with Crippen LogP contribution in [0.4, 0.5) is 0 Å². The molecule has 0 aliphatic rings. The van der Waals surface area contributed by atoms with E-state index >= 15 is 0 Å². The predicted octanol–water partition coefficient (Wildman–Crippen LogP) is 3.01. The molecule has 112 valence electrons. The number of carbonyl (C=O) groups is 1. The van der Waals surface area contributed by atoms with Crippen LogP contribution in [-0.2, 0) is 11.2 Å². The summed E-state index contributed by atoms with van der Waals surface area (Å²) in [7, 11) is 1.70. The number of carbonyl (C=O) groups excluding carboxylic acids is 1. The monoisotopic (exact) mass is 311 g/mol. The van der Waals surface area contributed by atoms with Gasteiger partial charge in [-0.15, -0.1) is 12.6 Å². The third-order valence-corrected chi connectivity index (χ3v) is 3.28. The number of amidine groups is 1. The van der Waals surface area contributed by atoms with Crippen LogP contribution in [-0.4, -0.2) is 29.3 Å².